The maximum absolute atomic E-state index is 13.8. The molecular formula is C30H30F3NO6. The molecule has 0 aromatic heterocycles. The van der Waals surface area contributed by atoms with Crippen molar-refractivity contribution in [3.63, 3.8) is 0 Å². The van der Waals surface area contributed by atoms with Crippen molar-refractivity contribution < 1.29 is 41.7 Å². The first-order chi connectivity index (χ1) is 19.2. The summed E-state index contributed by atoms with van der Waals surface area (Å²) in [4.78, 5) is 28.2. The molecular weight excluding hydrogens is 527 g/mol. The molecule has 0 saturated carbocycles. The van der Waals surface area contributed by atoms with Crippen LogP contribution in [0, 0.1) is 0 Å². The summed E-state index contributed by atoms with van der Waals surface area (Å²) in [6.45, 7) is 0.245. The Morgan fingerprint density at radius 2 is 1.68 bits per heavy atom. The second kappa shape index (κ2) is 12.9. The Bertz CT molecular complexity index is 1300. The second-order valence-corrected chi connectivity index (χ2v) is 9.16. The topological polar surface area (TPSA) is 74.3 Å². The van der Waals surface area contributed by atoms with E-state index in [1.54, 1.807) is 37.3 Å². The van der Waals surface area contributed by atoms with Crippen LogP contribution in [0.25, 0.3) is 0 Å². The molecule has 2 unspecified atom stereocenters. The lowest BCUT2D eigenvalue weighted by Gasteiger charge is -2.38. The molecule has 0 N–H and O–H groups in total. The van der Waals surface area contributed by atoms with Crippen LogP contribution >= 0.6 is 0 Å². The van der Waals surface area contributed by atoms with Gasteiger partial charge in [-0.25, -0.2) is 4.79 Å². The molecule has 1 amide bonds. The molecule has 10 heteroatoms. The molecule has 0 aliphatic carbocycles. The minimum atomic E-state index is -4.65. The number of rotatable bonds is 10. The van der Waals surface area contributed by atoms with E-state index in [0.29, 0.717) is 22.6 Å². The van der Waals surface area contributed by atoms with Crippen molar-refractivity contribution in [2.45, 2.75) is 44.8 Å². The Morgan fingerprint density at radius 3 is 2.30 bits per heavy atom. The average molecular weight is 558 g/mol. The summed E-state index contributed by atoms with van der Waals surface area (Å²) in [6, 6.07) is 19.7. The summed E-state index contributed by atoms with van der Waals surface area (Å²) in [5, 5.41) is 0. The highest BCUT2D eigenvalue weighted by atomic mass is 19.4. The number of benzene rings is 3. The van der Waals surface area contributed by atoms with Crippen LogP contribution in [0.4, 0.5) is 13.2 Å². The van der Waals surface area contributed by atoms with Crippen molar-refractivity contribution in [1.82, 2.24) is 4.90 Å². The van der Waals surface area contributed by atoms with E-state index in [1.165, 1.54) is 24.1 Å². The molecule has 4 rings (SSSR count). The fraction of sp³-hybridized carbons (Fsp3) is 0.333. The molecule has 0 fully saturated rings. The number of hydrogen-bond donors (Lipinski definition) is 0. The Labute approximate surface area is 230 Å². The van der Waals surface area contributed by atoms with Crippen LogP contribution in [-0.4, -0.2) is 49.3 Å². The molecule has 0 spiro atoms. The highest BCUT2D eigenvalue weighted by molar-refractivity contribution is 5.89. The summed E-state index contributed by atoms with van der Waals surface area (Å²) < 4.78 is 61.4. The van der Waals surface area contributed by atoms with Crippen LogP contribution in [0.3, 0.4) is 0 Å². The van der Waals surface area contributed by atoms with E-state index in [1.807, 2.05) is 30.3 Å². The molecule has 40 heavy (non-hydrogen) atoms. The van der Waals surface area contributed by atoms with E-state index >= 15 is 0 Å². The minimum absolute atomic E-state index is 0.0159. The third kappa shape index (κ3) is 6.93. The van der Waals surface area contributed by atoms with Gasteiger partial charge in [-0.3, -0.25) is 4.79 Å². The van der Waals surface area contributed by atoms with Gasteiger partial charge in [0.2, 0.25) is 0 Å². The molecule has 1 aliphatic rings. The summed E-state index contributed by atoms with van der Waals surface area (Å²) in [7, 11) is 1.50. The summed E-state index contributed by atoms with van der Waals surface area (Å²) >= 11 is 0. The van der Waals surface area contributed by atoms with Gasteiger partial charge in [-0.05, 0) is 29.7 Å². The predicted molar refractivity (Wildman–Crippen MR) is 140 cm³/mol. The fourth-order valence-corrected chi connectivity index (χ4v) is 4.61. The first-order valence-corrected chi connectivity index (χ1v) is 12.8. The largest absolute Gasteiger partial charge is 0.493 e. The highest BCUT2D eigenvalue weighted by Gasteiger charge is 2.42. The van der Waals surface area contributed by atoms with E-state index in [0.717, 1.165) is 5.56 Å². The molecule has 212 valence electrons. The number of methoxy groups -OCH3 is 1. The van der Waals surface area contributed by atoms with Gasteiger partial charge in [0.25, 0.3) is 5.91 Å². The molecule has 3 aromatic carbocycles. The number of amides is 1. The van der Waals surface area contributed by atoms with Gasteiger partial charge in [0.1, 0.15) is 19.3 Å². The van der Waals surface area contributed by atoms with E-state index < -0.39 is 36.8 Å². The van der Waals surface area contributed by atoms with Gasteiger partial charge in [-0.15, -0.1) is 0 Å². The van der Waals surface area contributed by atoms with Gasteiger partial charge in [0.05, 0.1) is 13.7 Å². The number of carbonyl (C=O) groups is 2. The molecule has 3 aromatic rings. The lowest BCUT2D eigenvalue weighted by atomic mass is 9.91. The Kier molecular flexibility index (Phi) is 9.31. The summed E-state index contributed by atoms with van der Waals surface area (Å²) in [6.07, 6.45) is -6.21. The maximum atomic E-state index is 13.8. The van der Waals surface area contributed by atoms with Gasteiger partial charge in [-0.2, -0.15) is 13.2 Å². The number of halogens is 3. The van der Waals surface area contributed by atoms with Crippen LogP contribution in [0.2, 0.25) is 0 Å². The van der Waals surface area contributed by atoms with Crippen LogP contribution in [0.5, 0.6) is 11.5 Å². The lowest BCUT2D eigenvalue weighted by molar-refractivity contribution is -0.193. The predicted octanol–water partition coefficient (Wildman–Crippen LogP) is 5.41. The van der Waals surface area contributed by atoms with Crippen molar-refractivity contribution >= 4 is 11.9 Å². The van der Waals surface area contributed by atoms with E-state index in [4.69, 9.17) is 18.9 Å². The normalized spacial score (nSPS) is 15.6. The first kappa shape index (κ1) is 28.9. The third-order valence-corrected chi connectivity index (χ3v) is 6.46. The van der Waals surface area contributed by atoms with E-state index in [2.05, 4.69) is 0 Å². The van der Waals surface area contributed by atoms with Gasteiger partial charge in [0.15, 0.2) is 17.6 Å². The fourth-order valence-electron chi connectivity index (χ4n) is 4.61. The van der Waals surface area contributed by atoms with Gasteiger partial charge in [0, 0.05) is 18.5 Å². The monoisotopic (exact) mass is 557 g/mol. The summed E-state index contributed by atoms with van der Waals surface area (Å²) in [5.41, 5.74) is 2.49. The summed E-state index contributed by atoms with van der Waals surface area (Å²) in [5.74, 6) is -0.575. The first-order valence-electron chi connectivity index (χ1n) is 12.8. The van der Waals surface area contributed by atoms with E-state index in [-0.39, 0.29) is 31.7 Å². The van der Waals surface area contributed by atoms with Crippen molar-refractivity contribution in [2.75, 3.05) is 20.3 Å². The molecule has 0 saturated heterocycles. The Hall–Kier alpha value is -4.05. The highest BCUT2D eigenvalue weighted by Crippen LogP contribution is 2.40. The van der Waals surface area contributed by atoms with Crippen LogP contribution < -0.4 is 9.47 Å². The maximum Gasteiger partial charge on any atom is 0.411 e. The number of ether oxygens (including phenoxy) is 4. The average Bonchev–Trinajstić information content (AvgIpc) is 2.95. The van der Waals surface area contributed by atoms with E-state index in [9.17, 15) is 22.8 Å². The SMILES string of the molecule is CCOC(=O)C1Cc2c(ccc(OC)c2OCc2ccccc2)CN1C(=O)C(OCC(F)(F)F)c1ccccc1. The molecule has 7 nitrogen and oxygen atoms in total. The third-order valence-electron chi connectivity index (χ3n) is 6.46. The van der Waals surface area contributed by atoms with Gasteiger partial charge >= 0.3 is 12.1 Å². The zero-order chi connectivity index (χ0) is 28.7. The van der Waals surface area contributed by atoms with Crippen molar-refractivity contribution in [1.29, 1.82) is 0 Å². The number of carbonyl (C=O) groups excluding carboxylic acids is 2. The van der Waals surface area contributed by atoms with Crippen LogP contribution in [0.15, 0.2) is 72.8 Å². The Morgan fingerprint density at radius 1 is 1.00 bits per heavy atom. The van der Waals surface area contributed by atoms with Gasteiger partial charge in [-0.1, -0.05) is 66.7 Å². The molecule has 0 bridgehead atoms. The van der Waals surface area contributed by atoms with Crippen LogP contribution in [0.1, 0.15) is 35.3 Å². The zero-order valence-corrected chi connectivity index (χ0v) is 22.1. The van der Waals surface area contributed by atoms with Crippen molar-refractivity contribution in [3.8, 4) is 11.5 Å². The minimum Gasteiger partial charge on any atom is -0.493 e. The quantitative estimate of drug-likeness (QED) is 0.311. The number of nitrogens with zero attached hydrogens (tertiary/aromatic N) is 1. The second-order valence-electron chi connectivity index (χ2n) is 9.16. The number of fused-ring (bicyclic) bond motifs is 1. The molecule has 1 aliphatic heterocycles. The van der Waals surface area contributed by atoms with Crippen molar-refractivity contribution in [2.24, 2.45) is 0 Å². The molecule has 2 atom stereocenters. The smallest absolute Gasteiger partial charge is 0.411 e. The number of hydrogen-bond acceptors (Lipinski definition) is 6. The lowest BCUT2D eigenvalue weighted by Crippen LogP contribution is -2.51. The van der Waals surface area contributed by atoms with Gasteiger partial charge < -0.3 is 23.8 Å². The zero-order valence-electron chi connectivity index (χ0n) is 22.1. The van der Waals surface area contributed by atoms with Crippen molar-refractivity contribution in [3.05, 3.63) is 95.1 Å². The standard InChI is InChI=1S/C30H30F3NO6/c1-3-38-29(36)24-16-23-22(14-15-25(37-2)27(23)39-18-20-10-6-4-7-11-20)17-34(24)28(35)26(40-19-30(31,32)33)21-12-8-5-9-13-21/h4-15,24,26H,3,16-19H2,1-2H3. The number of esters is 1. The Balaban J connectivity index is 1.70. The molecule has 1 heterocycles. The number of alkyl halides is 3. The van der Waals surface area contributed by atoms with Crippen LogP contribution in [-0.2, 0) is 38.6 Å². The molecule has 0 radical (unpaired) electrons.